The molecule has 0 radical (unpaired) electrons. The monoisotopic (exact) mass is 213 g/mol. The van der Waals surface area contributed by atoms with Crippen molar-refractivity contribution in [3.05, 3.63) is 0 Å². The number of esters is 1. The Labute approximate surface area is 89.9 Å². The lowest BCUT2D eigenvalue weighted by Gasteiger charge is -2.26. The average molecular weight is 213 g/mol. The summed E-state index contributed by atoms with van der Waals surface area (Å²) < 4.78 is 4.74. The Kier molecular flexibility index (Phi) is 4.39. The van der Waals surface area contributed by atoms with E-state index < -0.39 is 0 Å². The van der Waals surface area contributed by atoms with Gasteiger partial charge in [-0.25, -0.2) is 0 Å². The van der Waals surface area contributed by atoms with Crippen LogP contribution in [-0.2, 0) is 9.53 Å². The van der Waals surface area contributed by atoms with E-state index in [9.17, 15) is 4.79 Å². The van der Waals surface area contributed by atoms with Crippen LogP contribution in [0.4, 0.5) is 0 Å². The fourth-order valence-corrected chi connectivity index (χ4v) is 2.07. The van der Waals surface area contributed by atoms with Crippen LogP contribution in [0.25, 0.3) is 0 Å². The van der Waals surface area contributed by atoms with Gasteiger partial charge >= 0.3 is 5.97 Å². The van der Waals surface area contributed by atoms with E-state index in [-0.39, 0.29) is 17.8 Å². The summed E-state index contributed by atoms with van der Waals surface area (Å²) >= 11 is 0. The van der Waals surface area contributed by atoms with Crippen LogP contribution in [0, 0.1) is 11.8 Å². The number of nitrogens with two attached hydrogens (primary N) is 2. The van der Waals surface area contributed by atoms with Crippen LogP contribution in [0.1, 0.15) is 25.7 Å². The maximum atomic E-state index is 11.3. The number of guanidine groups is 1. The molecule has 5 nitrogen and oxygen atoms in total. The average Bonchev–Trinajstić information content (AvgIpc) is 2.25. The number of hydrogen-bond acceptors (Lipinski definition) is 3. The molecule has 0 spiro atoms. The highest BCUT2D eigenvalue weighted by Crippen LogP contribution is 2.29. The van der Waals surface area contributed by atoms with Crippen molar-refractivity contribution in [2.75, 3.05) is 13.7 Å². The second-order valence-corrected chi connectivity index (χ2v) is 4.02. The summed E-state index contributed by atoms with van der Waals surface area (Å²) in [5.41, 5.74) is 10.5. The second-order valence-electron chi connectivity index (χ2n) is 4.02. The third kappa shape index (κ3) is 3.77. The summed E-state index contributed by atoms with van der Waals surface area (Å²) in [5, 5.41) is 0. The Hall–Kier alpha value is -1.26. The first-order chi connectivity index (χ1) is 7.13. The van der Waals surface area contributed by atoms with Gasteiger partial charge in [0.2, 0.25) is 0 Å². The number of methoxy groups -OCH3 is 1. The fourth-order valence-electron chi connectivity index (χ4n) is 2.07. The lowest BCUT2D eigenvalue weighted by molar-refractivity contribution is -0.147. The van der Waals surface area contributed by atoms with Crippen molar-refractivity contribution in [3.63, 3.8) is 0 Å². The highest BCUT2D eigenvalue weighted by atomic mass is 16.5. The van der Waals surface area contributed by atoms with Gasteiger partial charge in [0.05, 0.1) is 13.0 Å². The maximum Gasteiger partial charge on any atom is 0.308 e. The minimum atomic E-state index is -0.107. The molecule has 2 atom stereocenters. The summed E-state index contributed by atoms with van der Waals surface area (Å²) in [4.78, 5) is 15.3. The van der Waals surface area contributed by atoms with E-state index in [1.54, 1.807) is 0 Å². The smallest absolute Gasteiger partial charge is 0.308 e. The number of rotatable bonds is 3. The standard InChI is InChI=1S/C10H19N3O2/c1-15-9(14)8-4-2-3-7(5-8)6-13-10(11)12/h7-8H,2-6H2,1H3,(H4,11,12,13)/t7-,8+/m0/s1. The zero-order valence-electron chi connectivity index (χ0n) is 9.11. The zero-order chi connectivity index (χ0) is 11.3. The van der Waals surface area contributed by atoms with E-state index >= 15 is 0 Å². The third-order valence-electron chi connectivity index (χ3n) is 2.85. The second kappa shape index (κ2) is 5.58. The van der Waals surface area contributed by atoms with Crippen LogP contribution in [0.2, 0.25) is 0 Å². The number of hydrogen-bond donors (Lipinski definition) is 2. The van der Waals surface area contributed by atoms with E-state index in [1.165, 1.54) is 7.11 Å². The molecule has 1 aliphatic carbocycles. The predicted molar refractivity (Wildman–Crippen MR) is 58.1 cm³/mol. The number of ether oxygens (including phenoxy) is 1. The Balaban J connectivity index is 2.42. The molecule has 0 aromatic heterocycles. The quantitative estimate of drug-likeness (QED) is 0.399. The molecule has 0 amide bonds. The van der Waals surface area contributed by atoms with Gasteiger partial charge in [-0.1, -0.05) is 6.42 Å². The largest absolute Gasteiger partial charge is 0.469 e. The predicted octanol–water partition coefficient (Wildman–Crippen LogP) is 0.239. The van der Waals surface area contributed by atoms with E-state index in [4.69, 9.17) is 16.2 Å². The Morgan fingerprint density at radius 2 is 2.20 bits per heavy atom. The number of nitrogens with zero attached hydrogens (tertiary/aromatic N) is 1. The van der Waals surface area contributed by atoms with Gasteiger partial charge in [0.1, 0.15) is 0 Å². The van der Waals surface area contributed by atoms with Crippen LogP contribution >= 0.6 is 0 Å². The molecule has 0 bridgehead atoms. The first kappa shape index (κ1) is 11.8. The molecule has 1 fully saturated rings. The third-order valence-corrected chi connectivity index (χ3v) is 2.85. The van der Waals surface area contributed by atoms with Gasteiger partial charge < -0.3 is 16.2 Å². The highest BCUT2D eigenvalue weighted by Gasteiger charge is 2.27. The molecule has 0 heterocycles. The molecule has 0 unspecified atom stereocenters. The van der Waals surface area contributed by atoms with Gasteiger partial charge in [0.15, 0.2) is 5.96 Å². The summed E-state index contributed by atoms with van der Waals surface area (Å²) in [5.74, 6) is 0.451. The van der Waals surface area contributed by atoms with Crippen LogP contribution in [0.5, 0.6) is 0 Å². The van der Waals surface area contributed by atoms with Crippen molar-refractivity contribution >= 4 is 11.9 Å². The van der Waals surface area contributed by atoms with Crippen molar-refractivity contribution < 1.29 is 9.53 Å². The highest BCUT2D eigenvalue weighted by molar-refractivity contribution is 5.75. The first-order valence-corrected chi connectivity index (χ1v) is 5.26. The van der Waals surface area contributed by atoms with E-state index in [0.29, 0.717) is 12.5 Å². The van der Waals surface area contributed by atoms with Gasteiger partial charge in [-0.2, -0.15) is 0 Å². The van der Waals surface area contributed by atoms with Crippen molar-refractivity contribution in [2.24, 2.45) is 28.3 Å². The lowest BCUT2D eigenvalue weighted by Crippen LogP contribution is -2.27. The van der Waals surface area contributed by atoms with Gasteiger partial charge in [-0.05, 0) is 25.2 Å². The number of carbonyl (C=O) groups excluding carboxylic acids is 1. The van der Waals surface area contributed by atoms with Crippen LogP contribution in [0.15, 0.2) is 4.99 Å². The molecule has 0 aromatic rings. The molecule has 1 rings (SSSR count). The molecule has 86 valence electrons. The van der Waals surface area contributed by atoms with Crippen molar-refractivity contribution in [1.29, 1.82) is 0 Å². The minimum Gasteiger partial charge on any atom is -0.469 e. The fraction of sp³-hybridized carbons (Fsp3) is 0.800. The van der Waals surface area contributed by atoms with Crippen LogP contribution in [0.3, 0.4) is 0 Å². The zero-order valence-corrected chi connectivity index (χ0v) is 9.11. The van der Waals surface area contributed by atoms with Gasteiger partial charge in [0.25, 0.3) is 0 Å². The number of carbonyl (C=O) groups is 1. The molecule has 0 saturated heterocycles. The van der Waals surface area contributed by atoms with E-state index in [1.807, 2.05) is 0 Å². The van der Waals surface area contributed by atoms with Crippen molar-refractivity contribution in [3.8, 4) is 0 Å². The first-order valence-electron chi connectivity index (χ1n) is 5.26. The Morgan fingerprint density at radius 3 is 2.80 bits per heavy atom. The molecule has 4 N–H and O–H groups in total. The molecule has 5 heteroatoms. The van der Waals surface area contributed by atoms with Gasteiger partial charge in [-0.3, -0.25) is 9.79 Å². The van der Waals surface area contributed by atoms with Crippen molar-refractivity contribution in [2.45, 2.75) is 25.7 Å². The number of aliphatic imine (C=N–C) groups is 1. The molecule has 1 aliphatic rings. The van der Waals surface area contributed by atoms with Gasteiger partial charge in [0, 0.05) is 6.54 Å². The summed E-state index contributed by atoms with van der Waals surface area (Å²) in [6.45, 7) is 0.621. The normalized spacial score (nSPS) is 25.7. The van der Waals surface area contributed by atoms with E-state index in [2.05, 4.69) is 4.99 Å². The molecule has 0 aliphatic heterocycles. The SMILES string of the molecule is COC(=O)[C@@H]1CCC[C@H](CN=C(N)N)C1. The van der Waals surface area contributed by atoms with E-state index in [0.717, 1.165) is 25.7 Å². The van der Waals surface area contributed by atoms with Gasteiger partial charge in [-0.15, -0.1) is 0 Å². The lowest BCUT2D eigenvalue weighted by atomic mass is 9.81. The molecule has 0 aromatic carbocycles. The molecule has 15 heavy (non-hydrogen) atoms. The van der Waals surface area contributed by atoms with Crippen molar-refractivity contribution in [1.82, 2.24) is 0 Å². The molecular formula is C10H19N3O2. The van der Waals surface area contributed by atoms with Crippen LogP contribution < -0.4 is 11.5 Å². The minimum absolute atomic E-state index is 0.0305. The summed E-state index contributed by atoms with van der Waals surface area (Å²) in [7, 11) is 1.43. The topological polar surface area (TPSA) is 90.7 Å². The maximum absolute atomic E-state index is 11.3. The Morgan fingerprint density at radius 1 is 1.47 bits per heavy atom. The summed E-state index contributed by atoms with van der Waals surface area (Å²) in [6, 6.07) is 0. The molecular weight excluding hydrogens is 194 g/mol. The van der Waals surface area contributed by atoms with Crippen LogP contribution in [-0.4, -0.2) is 25.6 Å². The summed E-state index contributed by atoms with van der Waals surface area (Å²) in [6.07, 6.45) is 3.89. The Bertz CT molecular complexity index is 249. The molecule has 1 saturated carbocycles.